The van der Waals surface area contributed by atoms with E-state index in [0.717, 1.165) is 5.56 Å². The average Bonchev–Trinajstić information content (AvgIpc) is 3.82. The number of fused-ring (bicyclic) bond motifs is 1. The van der Waals surface area contributed by atoms with Crippen LogP contribution < -0.4 is 5.32 Å². The highest BCUT2D eigenvalue weighted by molar-refractivity contribution is 6.36. The second-order valence-corrected chi connectivity index (χ2v) is 10.0. The van der Waals surface area contributed by atoms with Gasteiger partial charge in [-0.3, -0.25) is 19.6 Å². The molecule has 46 heavy (non-hydrogen) atoms. The number of anilines is 1. The maximum atomic E-state index is 12.3. The number of hydrogen-bond acceptors (Lipinski definition) is 10. The number of esters is 2. The Morgan fingerprint density at radius 1 is 0.804 bits per heavy atom. The van der Waals surface area contributed by atoms with E-state index in [1.54, 1.807) is 86.9 Å². The number of furan rings is 2. The lowest BCUT2D eigenvalue weighted by molar-refractivity contribution is -0.110. The van der Waals surface area contributed by atoms with E-state index in [1.165, 1.54) is 12.4 Å². The van der Waals surface area contributed by atoms with Crippen LogP contribution in [0.15, 0.2) is 88.2 Å². The number of aromatic nitrogens is 2. The Labute approximate surface area is 267 Å². The van der Waals surface area contributed by atoms with Crippen molar-refractivity contribution >= 4 is 53.1 Å². The Kier molecular flexibility index (Phi) is 9.84. The minimum atomic E-state index is -0.443. The van der Waals surface area contributed by atoms with Crippen LogP contribution >= 0.6 is 11.6 Å². The number of carbonyl (C=O) groups is 4. The molecule has 0 aliphatic carbocycles. The van der Waals surface area contributed by atoms with Gasteiger partial charge in [-0.1, -0.05) is 11.6 Å². The average molecular weight is 640 g/mol. The summed E-state index contributed by atoms with van der Waals surface area (Å²) in [5.41, 5.74) is 3.84. The van der Waals surface area contributed by atoms with E-state index in [9.17, 15) is 19.2 Å². The molecule has 11 nitrogen and oxygen atoms in total. The Bertz CT molecular complexity index is 1960. The Balaban J connectivity index is 0.000000200. The Hall–Kier alpha value is -5.81. The van der Waals surface area contributed by atoms with Crippen LogP contribution in [0.2, 0.25) is 5.02 Å². The Morgan fingerprint density at radius 2 is 1.37 bits per heavy atom. The number of rotatable bonds is 8. The number of ether oxygens (including phenoxy) is 2. The number of hydrogen-bond donors (Lipinski definition) is 1. The van der Waals surface area contributed by atoms with Crippen LogP contribution in [0, 0.1) is 0 Å². The first-order valence-corrected chi connectivity index (χ1v) is 14.4. The molecule has 1 aromatic carbocycles. The van der Waals surface area contributed by atoms with Crippen LogP contribution in [0.25, 0.3) is 34.3 Å². The summed E-state index contributed by atoms with van der Waals surface area (Å²) < 4.78 is 21.0. The van der Waals surface area contributed by atoms with Crippen molar-refractivity contribution in [3.63, 3.8) is 0 Å². The molecular weight excluding hydrogens is 614 g/mol. The zero-order valence-electron chi connectivity index (χ0n) is 24.6. The second-order valence-electron chi connectivity index (χ2n) is 9.59. The van der Waals surface area contributed by atoms with Gasteiger partial charge < -0.3 is 23.6 Å². The van der Waals surface area contributed by atoms with E-state index in [0.29, 0.717) is 68.7 Å². The number of nitrogens with zero attached hydrogens (tertiary/aromatic N) is 2. The molecule has 0 radical (unpaired) electrons. The molecule has 5 aromatic rings. The first kappa shape index (κ1) is 31.6. The predicted molar refractivity (Wildman–Crippen MR) is 169 cm³/mol. The fourth-order valence-electron chi connectivity index (χ4n) is 4.40. The molecule has 1 aliphatic rings. The number of halogens is 1. The SMILES string of the molecule is CCOC(=O)c1cncc(-c2ccc(/C=C3/C(=O)Nc4ccc(Cl)cc43)o2)c1.CCOC(=O)c1cncc(-c2ccc(C=O)o2)c1. The van der Waals surface area contributed by atoms with E-state index in [2.05, 4.69) is 15.3 Å². The van der Waals surface area contributed by atoms with E-state index >= 15 is 0 Å². The van der Waals surface area contributed by atoms with Gasteiger partial charge in [0, 0.05) is 52.2 Å². The molecule has 0 saturated heterocycles. The van der Waals surface area contributed by atoms with Gasteiger partial charge in [-0.15, -0.1) is 0 Å². The van der Waals surface area contributed by atoms with Gasteiger partial charge in [-0.25, -0.2) is 9.59 Å². The van der Waals surface area contributed by atoms with Gasteiger partial charge in [0.2, 0.25) is 0 Å². The number of aldehydes is 1. The number of carbonyl (C=O) groups excluding carboxylic acids is 4. The zero-order valence-corrected chi connectivity index (χ0v) is 25.4. The third kappa shape index (κ3) is 7.28. The summed E-state index contributed by atoms with van der Waals surface area (Å²) in [5.74, 6) is 0.629. The number of benzene rings is 1. The lowest BCUT2D eigenvalue weighted by atomic mass is 10.1. The van der Waals surface area contributed by atoms with E-state index < -0.39 is 11.9 Å². The fourth-order valence-corrected chi connectivity index (χ4v) is 4.58. The molecule has 0 spiro atoms. The molecule has 0 bridgehead atoms. The summed E-state index contributed by atoms with van der Waals surface area (Å²) in [6, 6.07) is 15.2. The first-order valence-electron chi connectivity index (χ1n) is 14.0. The molecule has 1 aliphatic heterocycles. The molecule has 232 valence electrons. The normalized spacial score (nSPS) is 12.5. The van der Waals surface area contributed by atoms with Crippen molar-refractivity contribution in [2.45, 2.75) is 13.8 Å². The molecule has 5 heterocycles. The lowest BCUT2D eigenvalue weighted by Crippen LogP contribution is -2.05. The standard InChI is InChI=1S/C21H15ClN2O4.C13H11NO4/c1-2-27-21(26)13-7-12(10-23-11-13)19-6-4-15(28-19)9-17-16-8-14(22)3-5-18(16)24-20(17)25;1-2-17-13(16)10-5-9(6-14-7-10)12-4-3-11(8-15)18-12/h3-11H,2H2,1H3,(H,24,25);3-8H,2H2,1H3/b17-9+;. The summed E-state index contributed by atoms with van der Waals surface area (Å²) in [5, 5.41) is 3.34. The summed E-state index contributed by atoms with van der Waals surface area (Å²) in [6.07, 6.45) is 8.28. The second kappa shape index (κ2) is 14.3. The third-order valence-electron chi connectivity index (χ3n) is 6.49. The summed E-state index contributed by atoms with van der Waals surface area (Å²) in [7, 11) is 0. The highest BCUT2D eigenvalue weighted by atomic mass is 35.5. The molecule has 0 unspecified atom stereocenters. The highest BCUT2D eigenvalue weighted by Gasteiger charge is 2.25. The number of nitrogens with one attached hydrogen (secondary N) is 1. The van der Waals surface area contributed by atoms with E-state index in [4.69, 9.17) is 29.9 Å². The van der Waals surface area contributed by atoms with Gasteiger partial charge in [-0.05, 0) is 74.5 Å². The predicted octanol–water partition coefficient (Wildman–Crippen LogP) is 7.00. The lowest BCUT2D eigenvalue weighted by Gasteiger charge is -2.02. The molecule has 4 aromatic heterocycles. The van der Waals surface area contributed by atoms with Crippen molar-refractivity contribution in [2.75, 3.05) is 18.5 Å². The molecule has 0 saturated carbocycles. The van der Waals surface area contributed by atoms with Crippen molar-refractivity contribution in [2.24, 2.45) is 0 Å². The van der Waals surface area contributed by atoms with Crippen molar-refractivity contribution in [1.29, 1.82) is 0 Å². The molecule has 0 fully saturated rings. The van der Waals surface area contributed by atoms with E-state index in [-0.39, 0.29) is 18.3 Å². The van der Waals surface area contributed by atoms with Gasteiger partial charge in [0.15, 0.2) is 12.0 Å². The summed E-state index contributed by atoms with van der Waals surface area (Å²) in [4.78, 5) is 54.3. The van der Waals surface area contributed by atoms with Crippen LogP contribution in [0.3, 0.4) is 0 Å². The van der Waals surface area contributed by atoms with Crippen LogP contribution in [0.4, 0.5) is 5.69 Å². The minimum absolute atomic E-state index is 0.221. The molecular formula is C34H26ClN3O8. The Morgan fingerprint density at radius 3 is 1.91 bits per heavy atom. The largest absolute Gasteiger partial charge is 0.462 e. The smallest absolute Gasteiger partial charge is 0.339 e. The van der Waals surface area contributed by atoms with Crippen molar-refractivity contribution in [3.05, 3.63) is 113 Å². The topological polar surface area (TPSA) is 151 Å². The van der Waals surface area contributed by atoms with Crippen LogP contribution in [0.1, 0.15) is 56.4 Å². The quantitative estimate of drug-likeness (QED) is 0.107. The monoisotopic (exact) mass is 639 g/mol. The van der Waals surface area contributed by atoms with Gasteiger partial charge in [0.25, 0.3) is 5.91 Å². The van der Waals surface area contributed by atoms with Crippen molar-refractivity contribution in [3.8, 4) is 22.6 Å². The minimum Gasteiger partial charge on any atom is -0.462 e. The van der Waals surface area contributed by atoms with Gasteiger partial charge in [0.1, 0.15) is 17.3 Å². The van der Waals surface area contributed by atoms with Crippen LogP contribution in [0.5, 0.6) is 0 Å². The molecule has 0 atom stereocenters. The zero-order chi connectivity index (χ0) is 32.6. The summed E-state index contributed by atoms with van der Waals surface area (Å²) >= 11 is 6.05. The van der Waals surface area contributed by atoms with Gasteiger partial charge in [0.05, 0.1) is 29.9 Å². The maximum absolute atomic E-state index is 12.3. The summed E-state index contributed by atoms with van der Waals surface area (Å²) in [6.45, 7) is 4.07. The first-order chi connectivity index (χ1) is 22.3. The van der Waals surface area contributed by atoms with Crippen LogP contribution in [-0.4, -0.2) is 47.3 Å². The van der Waals surface area contributed by atoms with Crippen molar-refractivity contribution < 1.29 is 37.5 Å². The van der Waals surface area contributed by atoms with Crippen LogP contribution in [-0.2, 0) is 14.3 Å². The van der Waals surface area contributed by atoms with Crippen molar-refractivity contribution in [1.82, 2.24) is 9.97 Å². The third-order valence-corrected chi connectivity index (χ3v) is 6.72. The molecule has 6 rings (SSSR count). The molecule has 1 N–H and O–H groups in total. The highest BCUT2D eigenvalue weighted by Crippen LogP contribution is 2.35. The fraction of sp³-hybridized carbons (Fsp3) is 0.118. The van der Waals surface area contributed by atoms with Gasteiger partial charge in [-0.2, -0.15) is 0 Å². The van der Waals surface area contributed by atoms with Gasteiger partial charge >= 0.3 is 11.9 Å². The number of pyridine rings is 2. The number of amides is 1. The molecule has 1 amide bonds. The maximum Gasteiger partial charge on any atom is 0.339 e. The molecule has 12 heteroatoms. The van der Waals surface area contributed by atoms with E-state index in [1.807, 2.05) is 0 Å².